The molecule has 2 unspecified atom stereocenters. The van der Waals surface area contributed by atoms with E-state index in [4.69, 9.17) is 0 Å². The molecule has 1 amide bonds. The largest absolute Gasteiger partial charge is 0.349 e. The van der Waals surface area contributed by atoms with Crippen LogP contribution in [-0.4, -0.2) is 50.1 Å². The normalized spacial score (nSPS) is 28.0. The van der Waals surface area contributed by atoms with Crippen molar-refractivity contribution in [2.24, 2.45) is 5.92 Å². The summed E-state index contributed by atoms with van der Waals surface area (Å²) in [6.07, 6.45) is 4.50. The van der Waals surface area contributed by atoms with Crippen molar-refractivity contribution >= 4 is 5.91 Å². The lowest BCUT2D eigenvalue weighted by atomic mass is 9.81. The molecule has 1 aromatic heterocycles. The molecule has 6 nitrogen and oxygen atoms in total. The van der Waals surface area contributed by atoms with Gasteiger partial charge in [-0.1, -0.05) is 50.6 Å². The number of alkyl halides is 2. The van der Waals surface area contributed by atoms with Crippen molar-refractivity contribution in [1.82, 2.24) is 25.0 Å². The number of fused-ring (bicyclic) bond motifs is 2. The van der Waals surface area contributed by atoms with Gasteiger partial charge in [-0.05, 0) is 57.4 Å². The van der Waals surface area contributed by atoms with E-state index in [-0.39, 0.29) is 62.1 Å². The molecular formula is C30H43F2N5O. The van der Waals surface area contributed by atoms with Crippen LogP contribution >= 0.6 is 0 Å². The molecule has 0 spiro atoms. The van der Waals surface area contributed by atoms with Gasteiger partial charge in [0.1, 0.15) is 11.6 Å². The van der Waals surface area contributed by atoms with Crippen LogP contribution in [0.3, 0.4) is 0 Å². The number of hydrogen-bond donors (Lipinski definition) is 1. The summed E-state index contributed by atoms with van der Waals surface area (Å²) in [5.74, 6) is -1.24. The molecule has 3 heterocycles. The molecule has 1 N–H and O–H groups in total. The summed E-state index contributed by atoms with van der Waals surface area (Å²) in [4.78, 5) is 15.3. The minimum Gasteiger partial charge on any atom is -0.349 e. The highest BCUT2D eigenvalue weighted by molar-refractivity contribution is 5.79. The van der Waals surface area contributed by atoms with Crippen LogP contribution in [0, 0.1) is 12.8 Å². The molecule has 2 aliphatic heterocycles. The van der Waals surface area contributed by atoms with E-state index in [0.29, 0.717) is 0 Å². The standard InChI is InChI=1S/C30H43F2N5O/c1-20(2)28-35-34-21(3)37(28)26-18-24-10-7-11-25(19-26)36(24)17-14-27(22-8-5-4-6-9-22)33-29(38)23-12-15-30(31,32)16-13-23/h4-6,8-9,20,23-27H,7,10-19H2,1-3H3,(H,33,38)/t24?,25?,26?,27-/m0/s1/i17D2. The number of aryl methyl sites for hydroxylation is 1. The van der Waals surface area contributed by atoms with Gasteiger partial charge >= 0.3 is 0 Å². The first-order valence-corrected chi connectivity index (χ1v) is 14.4. The number of carbonyl (C=O) groups excluding carboxylic acids is 1. The van der Waals surface area contributed by atoms with Crippen LogP contribution in [0.5, 0.6) is 0 Å². The van der Waals surface area contributed by atoms with Gasteiger partial charge in [-0.25, -0.2) is 8.78 Å². The number of nitrogens with one attached hydrogen (secondary N) is 1. The molecule has 2 saturated heterocycles. The van der Waals surface area contributed by atoms with Crippen LogP contribution in [0.4, 0.5) is 8.78 Å². The first kappa shape index (κ1) is 24.7. The lowest BCUT2D eigenvalue weighted by molar-refractivity contribution is -0.130. The third-order valence-corrected chi connectivity index (χ3v) is 8.81. The van der Waals surface area contributed by atoms with E-state index in [0.717, 1.165) is 49.3 Å². The second-order valence-corrected chi connectivity index (χ2v) is 11.9. The quantitative estimate of drug-likeness (QED) is 0.433. The van der Waals surface area contributed by atoms with Gasteiger partial charge in [-0.15, -0.1) is 10.2 Å². The lowest BCUT2D eigenvalue weighted by Crippen LogP contribution is -2.53. The van der Waals surface area contributed by atoms with Gasteiger partial charge in [0.05, 0.1) is 6.04 Å². The summed E-state index contributed by atoms with van der Waals surface area (Å²) in [5.41, 5.74) is 0.836. The van der Waals surface area contributed by atoms with E-state index in [1.54, 1.807) is 0 Å². The summed E-state index contributed by atoms with van der Waals surface area (Å²) in [6.45, 7) is 4.61. The molecule has 0 radical (unpaired) electrons. The van der Waals surface area contributed by atoms with Crippen LogP contribution in [-0.2, 0) is 4.79 Å². The van der Waals surface area contributed by atoms with Crippen LogP contribution in [0.1, 0.15) is 116 Å². The predicted molar refractivity (Wildman–Crippen MR) is 144 cm³/mol. The monoisotopic (exact) mass is 529 g/mol. The van der Waals surface area contributed by atoms with Crippen LogP contribution in [0.2, 0.25) is 0 Å². The lowest BCUT2D eigenvalue weighted by Gasteiger charge is -2.50. The fraction of sp³-hybridized carbons (Fsp3) is 0.700. The first-order valence-electron chi connectivity index (χ1n) is 15.4. The van der Waals surface area contributed by atoms with Crippen LogP contribution in [0.25, 0.3) is 0 Å². The molecule has 2 aromatic rings. The molecule has 5 rings (SSSR count). The number of amides is 1. The number of piperidine rings is 2. The molecule has 8 heteroatoms. The van der Waals surface area contributed by atoms with Crippen molar-refractivity contribution in [3.05, 3.63) is 47.5 Å². The topological polar surface area (TPSA) is 63.1 Å². The van der Waals surface area contributed by atoms with Crippen molar-refractivity contribution in [3.8, 4) is 0 Å². The van der Waals surface area contributed by atoms with Crippen molar-refractivity contribution in [3.63, 3.8) is 0 Å². The van der Waals surface area contributed by atoms with Gasteiger partial charge in [-0.2, -0.15) is 0 Å². The Balaban J connectivity index is 1.34. The maximum absolute atomic E-state index is 13.7. The summed E-state index contributed by atoms with van der Waals surface area (Å²) in [6, 6.07) is 9.35. The maximum Gasteiger partial charge on any atom is 0.248 e. The van der Waals surface area contributed by atoms with E-state index < -0.39 is 24.4 Å². The van der Waals surface area contributed by atoms with Crippen molar-refractivity contribution in [2.75, 3.05) is 6.50 Å². The molecule has 208 valence electrons. The van der Waals surface area contributed by atoms with Crippen LogP contribution in [0.15, 0.2) is 30.3 Å². The number of nitrogens with zero attached hydrogens (tertiary/aromatic N) is 4. The molecule has 3 aliphatic rings. The Morgan fingerprint density at radius 3 is 2.37 bits per heavy atom. The van der Waals surface area contributed by atoms with E-state index >= 15 is 0 Å². The molecule has 2 bridgehead atoms. The number of rotatable bonds is 8. The summed E-state index contributed by atoms with van der Waals surface area (Å²) >= 11 is 0. The van der Waals surface area contributed by atoms with E-state index in [9.17, 15) is 16.3 Å². The van der Waals surface area contributed by atoms with Crippen LogP contribution < -0.4 is 5.32 Å². The van der Waals surface area contributed by atoms with Gasteiger partial charge in [0.25, 0.3) is 0 Å². The average molecular weight is 530 g/mol. The van der Waals surface area contributed by atoms with Crippen molar-refractivity contribution in [2.45, 2.75) is 121 Å². The predicted octanol–water partition coefficient (Wildman–Crippen LogP) is 6.34. The molecule has 3 fully saturated rings. The smallest absolute Gasteiger partial charge is 0.248 e. The third-order valence-electron chi connectivity index (χ3n) is 8.81. The summed E-state index contributed by atoms with van der Waals surface area (Å²) in [7, 11) is 0. The molecule has 38 heavy (non-hydrogen) atoms. The summed E-state index contributed by atoms with van der Waals surface area (Å²) < 4.78 is 48.4. The van der Waals surface area contributed by atoms with E-state index in [1.807, 2.05) is 37.3 Å². The molecular weight excluding hydrogens is 484 g/mol. The number of hydrogen-bond acceptors (Lipinski definition) is 4. The second-order valence-electron chi connectivity index (χ2n) is 11.9. The fourth-order valence-corrected chi connectivity index (χ4v) is 6.78. The first-order chi connectivity index (χ1) is 18.9. The number of aromatic nitrogens is 3. The molecule has 1 aromatic carbocycles. The highest BCUT2D eigenvalue weighted by Crippen LogP contribution is 2.41. The number of benzene rings is 1. The van der Waals surface area contributed by atoms with Crippen molar-refractivity contribution in [1.29, 1.82) is 0 Å². The van der Waals surface area contributed by atoms with Gasteiger partial charge in [0.2, 0.25) is 11.8 Å². The molecule has 1 aliphatic carbocycles. The molecule has 1 saturated carbocycles. The third kappa shape index (κ3) is 5.95. The summed E-state index contributed by atoms with van der Waals surface area (Å²) in [5, 5.41) is 11.9. The zero-order chi connectivity index (χ0) is 28.7. The average Bonchev–Trinajstić information content (AvgIpc) is 3.29. The van der Waals surface area contributed by atoms with E-state index in [1.165, 1.54) is 0 Å². The fourth-order valence-electron chi connectivity index (χ4n) is 6.78. The highest BCUT2D eigenvalue weighted by atomic mass is 19.3. The van der Waals surface area contributed by atoms with Gasteiger partial charge in [0, 0.05) is 52.0 Å². The highest BCUT2D eigenvalue weighted by Gasteiger charge is 2.41. The Hall–Kier alpha value is -2.35. The Labute approximate surface area is 228 Å². The van der Waals surface area contributed by atoms with Gasteiger partial charge < -0.3 is 9.88 Å². The minimum atomic E-state index is -2.70. The SMILES string of the molecule is [2H]C([2H])(C[C@H](NC(=O)C1CCC(F)(F)CC1)c1ccccc1)N1C2CCCC1CC(n1c(C)nnc1C(C)C)C2. The van der Waals surface area contributed by atoms with E-state index in [2.05, 4.69) is 38.8 Å². The Kier molecular flexibility index (Phi) is 7.41. The maximum atomic E-state index is 13.7. The Bertz CT molecular complexity index is 1150. The minimum absolute atomic E-state index is 0.0852. The zero-order valence-electron chi connectivity index (χ0n) is 24.9. The Morgan fingerprint density at radius 2 is 1.74 bits per heavy atom. The van der Waals surface area contributed by atoms with Gasteiger partial charge in [0.15, 0.2) is 0 Å². The second kappa shape index (κ2) is 11.4. The number of carbonyl (C=O) groups is 1. The zero-order valence-corrected chi connectivity index (χ0v) is 22.9. The Morgan fingerprint density at radius 1 is 1.08 bits per heavy atom. The van der Waals surface area contributed by atoms with Crippen molar-refractivity contribution < 1.29 is 16.3 Å². The number of halogens is 2. The molecule has 3 atom stereocenters. The van der Waals surface area contributed by atoms with Gasteiger partial charge in [-0.3, -0.25) is 9.69 Å².